The molecule has 1 unspecified atom stereocenters. The summed E-state index contributed by atoms with van der Waals surface area (Å²) in [6.45, 7) is 4.57. The summed E-state index contributed by atoms with van der Waals surface area (Å²) in [7, 11) is 1.53. The summed E-state index contributed by atoms with van der Waals surface area (Å²) >= 11 is 0. The topological polar surface area (TPSA) is 97.0 Å². The van der Waals surface area contributed by atoms with E-state index in [4.69, 9.17) is 9.15 Å². The zero-order chi connectivity index (χ0) is 22.7. The molecule has 1 aliphatic rings. The zero-order valence-corrected chi connectivity index (χ0v) is 18.1. The third-order valence-electron chi connectivity index (χ3n) is 5.55. The number of carbonyl (C=O) groups excluding carboxylic acids is 2. The highest BCUT2D eigenvalue weighted by Gasteiger charge is 2.25. The molecule has 2 aromatic carbocycles. The summed E-state index contributed by atoms with van der Waals surface area (Å²) in [6.07, 6.45) is 0. The van der Waals surface area contributed by atoms with Gasteiger partial charge in [0.1, 0.15) is 6.04 Å². The fourth-order valence-corrected chi connectivity index (χ4v) is 3.85. The quantitative estimate of drug-likeness (QED) is 0.633. The van der Waals surface area contributed by atoms with Gasteiger partial charge in [0.25, 0.3) is 0 Å². The second-order valence-corrected chi connectivity index (χ2v) is 7.77. The summed E-state index contributed by atoms with van der Waals surface area (Å²) in [5.41, 5.74) is 2.68. The van der Waals surface area contributed by atoms with Crippen molar-refractivity contribution >= 4 is 34.3 Å². The van der Waals surface area contributed by atoms with Crippen LogP contribution >= 0.6 is 0 Å². The zero-order valence-electron chi connectivity index (χ0n) is 18.1. The van der Waals surface area contributed by atoms with Crippen molar-refractivity contribution < 1.29 is 18.7 Å². The molecule has 2 heterocycles. The van der Waals surface area contributed by atoms with Gasteiger partial charge in [0.15, 0.2) is 5.58 Å². The van der Waals surface area contributed by atoms with Crippen LogP contribution in [-0.2, 0) is 14.3 Å². The van der Waals surface area contributed by atoms with Gasteiger partial charge in [-0.3, -0.25) is 14.2 Å². The molecule has 0 radical (unpaired) electrons. The molecule has 1 saturated heterocycles. The minimum atomic E-state index is -0.809. The first-order valence-corrected chi connectivity index (χ1v) is 10.5. The van der Waals surface area contributed by atoms with E-state index < -0.39 is 11.8 Å². The van der Waals surface area contributed by atoms with Gasteiger partial charge in [0.05, 0.1) is 25.3 Å². The molecule has 1 aliphatic heterocycles. The van der Waals surface area contributed by atoms with Gasteiger partial charge in [-0.25, -0.2) is 4.79 Å². The molecular weight excluding hydrogens is 412 g/mol. The van der Waals surface area contributed by atoms with Gasteiger partial charge in [0.2, 0.25) is 11.8 Å². The SMILES string of the molecule is CC(C(=O)N(C)CC(=O)Nc1ccc(N2CCOCC2)cc1)n1c(=O)oc2ccccc21. The number of hydrogen-bond donors (Lipinski definition) is 1. The van der Waals surface area contributed by atoms with Gasteiger partial charge >= 0.3 is 5.76 Å². The molecule has 0 bridgehead atoms. The number of likely N-dealkylation sites (N-methyl/N-ethyl adjacent to an activating group) is 1. The summed E-state index contributed by atoms with van der Waals surface area (Å²) in [6, 6.07) is 13.7. The molecule has 3 aromatic rings. The highest BCUT2D eigenvalue weighted by atomic mass is 16.5. The van der Waals surface area contributed by atoms with Crippen LogP contribution in [-0.4, -0.2) is 61.2 Å². The van der Waals surface area contributed by atoms with E-state index >= 15 is 0 Å². The Morgan fingerprint density at radius 1 is 1.09 bits per heavy atom. The van der Waals surface area contributed by atoms with Crippen LogP contribution in [0.4, 0.5) is 11.4 Å². The maximum Gasteiger partial charge on any atom is 0.420 e. The van der Waals surface area contributed by atoms with Crippen molar-refractivity contribution in [2.75, 3.05) is 50.1 Å². The van der Waals surface area contributed by atoms with E-state index in [9.17, 15) is 14.4 Å². The lowest BCUT2D eigenvalue weighted by Crippen LogP contribution is -2.40. The van der Waals surface area contributed by atoms with Crippen molar-refractivity contribution in [3.63, 3.8) is 0 Å². The number of fused-ring (bicyclic) bond motifs is 1. The minimum absolute atomic E-state index is 0.140. The van der Waals surface area contributed by atoms with E-state index in [0.717, 1.165) is 18.8 Å². The number of oxazole rings is 1. The van der Waals surface area contributed by atoms with Crippen molar-refractivity contribution in [3.8, 4) is 0 Å². The van der Waals surface area contributed by atoms with Gasteiger partial charge in [-0.1, -0.05) is 12.1 Å². The van der Waals surface area contributed by atoms with Crippen LogP contribution in [0.1, 0.15) is 13.0 Å². The molecule has 4 rings (SSSR count). The summed E-state index contributed by atoms with van der Waals surface area (Å²) in [5, 5.41) is 2.81. The highest BCUT2D eigenvalue weighted by molar-refractivity contribution is 5.95. The second kappa shape index (κ2) is 9.27. The van der Waals surface area contributed by atoms with E-state index in [1.165, 1.54) is 16.5 Å². The maximum absolute atomic E-state index is 12.9. The number of nitrogens with one attached hydrogen (secondary N) is 1. The van der Waals surface area contributed by atoms with E-state index in [1.54, 1.807) is 31.2 Å². The molecule has 9 nitrogen and oxygen atoms in total. The average Bonchev–Trinajstić information content (AvgIpc) is 3.14. The summed E-state index contributed by atoms with van der Waals surface area (Å²) in [4.78, 5) is 41.1. The molecule has 1 N–H and O–H groups in total. The number of aromatic nitrogens is 1. The predicted molar refractivity (Wildman–Crippen MR) is 121 cm³/mol. The van der Waals surface area contributed by atoms with Gasteiger partial charge in [-0.05, 0) is 43.3 Å². The number of anilines is 2. The van der Waals surface area contributed by atoms with E-state index in [1.807, 2.05) is 24.3 Å². The summed E-state index contributed by atoms with van der Waals surface area (Å²) in [5.74, 6) is -1.29. The molecule has 32 heavy (non-hydrogen) atoms. The number of nitrogens with zero attached hydrogens (tertiary/aromatic N) is 3. The molecule has 0 saturated carbocycles. The lowest BCUT2D eigenvalue weighted by Gasteiger charge is -2.29. The normalized spacial score (nSPS) is 14.9. The third-order valence-corrected chi connectivity index (χ3v) is 5.55. The average molecular weight is 438 g/mol. The standard InChI is InChI=1S/C23H26N4O5/c1-16(27-19-5-3-4-6-20(19)32-23(27)30)22(29)25(2)15-21(28)24-17-7-9-18(10-8-17)26-11-13-31-14-12-26/h3-10,16H,11-15H2,1-2H3,(H,24,28). The second-order valence-electron chi connectivity index (χ2n) is 7.77. The smallest absolute Gasteiger partial charge is 0.408 e. The van der Waals surface area contributed by atoms with Crippen LogP contribution in [0.25, 0.3) is 11.1 Å². The summed E-state index contributed by atoms with van der Waals surface area (Å²) < 4.78 is 11.9. The monoisotopic (exact) mass is 438 g/mol. The first-order valence-electron chi connectivity index (χ1n) is 10.5. The van der Waals surface area contributed by atoms with E-state index in [2.05, 4.69) is 10.2 Å². The Hall–Kier alpha value is -3.59. The molecule has 0 aliphatic carbocycles. The van der Waals surface area contributed by atoms with E-state index in [0.29, 0.717) is 30.0 Å². The van der Waals surface area contributed by atoms with Crippen LogP contribution in [0, 0.1) is 0 Å². The molecule has 1 aromatic heterocycles. The number of benzene rings is 2. The van der Waals surface area contributed by atoms with Crippen LogP contribution in [0.5, 0.6) is 0 Å². The maximum atomic E-state index is 12.9. The molecular formula is C23H26N4O5. The molecule has 1 fully saturated rings. The lowest BCUT2D eigenvalue weighted by molar-refractivity contribution is -0.135. The van der Waals surface area contributed by atoms with E-state index in [-0.39, 0.29) is 18.4 Å². The Kier molecular flexibility index (Phi) is 6.27. The van der Waals surface area contributed by atoms with Crippen LogP contribution < -0.4 is 16.0 Å². The molecule has 0 spiro atoms. The number of rotatable bonds is 6. The Bertz CT molecular complexity index is 1160. The molecule has 168 valence electrons. The van der Waals surface area contributed by atoms with Crippen molar-refractivity contribution in [1.29, 1.82) is 0 Å². The molecule has 9 heteroatoms. The Balaban J connectivity index is 1.37. The number of amides is 2. The largest absolute Gasteiger partial charge is 0.420 e. The van der Waals surface area contributed by atoms with Crippen molar-refractivity contribution in [2.24, 2.45) is 0 Å². The van der Waals surface area contributed by atoms with Gasteiger partial charge in [0, 0.05) is 31.5 Å². The highest BCUT2D eigenvalue weighted by Crippen LogP contribution is 2.20. The molecule has 1 atom stereocenters. The van der Waals surface area contributed by atoms with Crippen molar-refractivity contribution in [1.82, 2.24) is 9.47 Å². The first-order chi connectivity index (χ1) is 15.4. The Morgan fingerprint density at radius 3 is 2.50 bits per heavy atom. The van der Waals surface area contributed by atoms with Gasteiger partial charge < -0.3 is 24.3 Å². The molecule has 2 amide bonds. The Labute approximate surface area is 185 Å². The third kappa shape index (κ3) is 4.52. The van der Waals surface area contributed by atoms with Gasteiger partial charge in [-0.15, -0.1) is 0 Å². The number of hydrogen-bond acceptors (Lipinski definition) is 6. The van der Waals surface area contributed by atoms with Crippen molar-refractivity contribution in [3.05, 3.63) is 59.1 Å². The number of ether oxygens (including phenoxy) is 1. The fourth-order valence-electron chi connectivity index (χ4n) is 3.85. The van der Waals surface area contributed by atoms with Crippen molar-refractivity contribution in [2.45, 2.75) is 13.0 Å². The van der Waals surface area contributed by atoms with Gasteiger partial charge in [-0.2, -0.15) is 0 Å². The van der Waals surface area contributed by atoms with Crippen LogP contribution in [0.3, 0.4) is 0 Å². The number of morpholine rings is 1. The Morgan fingerprint density at radius 2 is 1.78 bits per heavy atom. The first kappa shape index (κ1) is 21.6. The fraction of sp³-hybridized carbons (Fsp3) is 0.348. The predicted octanol–water partition coefficient (Wildman–Crippen LogP) is 2.09. The minimum Gasteiger partial charge on any atom is -0.408 e. The number of carbonyl (C=O) groups is 2. The lowest BCUT2D eigenvalue weighted by atomic mass is 10.2. The van der Waals surface area contributed by atoms with Crippen LogP contribution in [0.2, 0.25) is 0 Å². The van der Waals surface area contributed by atoms with Crippen LogP contribution in [0.15, 0.2) is 57.7 Å². The number of para-hydroxylation sites is 2.